The minimum absolute atomic E-state index is 0.0768. The molecule has 0 saturated carbocycles. The van der Waals surface area contributed by atoms with Crippen LogP contribution in [0.2, 0.25) is 5.02 Å². The third kappa shape index (κ3) is 4.83. The summed E-state index contributed by atoms with van der Waals surface area (Å²) in [7, 11) is 3.78. The first-order valence-corrected chi connectivity index (χ1v) is 6.70. The lowest BCUT2D eigenvalue weighted by Crippen LogP contribution is -2.38. The van der Waals surface area contributed by atoms with E-state index in [0.717, 1.165) is 5.56 Å². The summed E-state index contributed by atoms with van der Waals surface area (Å²) in [5, 5.41) is 3.20. The van der Waals surface area contributed by atoms with E-state index in [-0.39, 0.29) is 12.6 Å². The molecule has 0 spiro atoms. The molecule has 5 nitrogen and oxygen atoms in total. The smallest absolute Gasteiger partial charge is 0.396 e. The molecule has 0 fully saturated rings. The fraction of sp³-hybridized carbons (Fsp3) is 0.429. The number of hydrogen-bond acceptors (Lipinski definition) is 4. The Morgan fingerprint density at radius 1 is 1.40 bits per heavy atom. The van der Waals surface area contributed by atoms with Crippen LogP contribution in [0.3, 0.4) is 0 Å². The summed E-state index contributed by atoms with van der Waals surface area (Å²) in [4.78, 5) is 24.7. The lowest BCUT2D eigenvalue weighted by atomic mass is 10.1. The third-order valence-corrected chi connectivity index (χ3v) is 3.01. The summed E-state index contributed by atoms with van der Waals surface area (Å²) in [6, 6.07) is 7.32. The molecule has 1 unspecified atom stereocenters. The number of hydrogen-bond donors (Lipinski definition) is 1. The molecule has 1 N–H and O–H groups in total. The van der Waals surface area contributed by atoms with Crippen molar-refractivity contribution < 1.29 is 14.3 Å². The van der Waals surface area contributed by atoms with Crippen LogP contribution in [-0.2, 0) is 14.3 Å². The number of amides is 1. The maximum atomic E-state index is 11.5. The fourth-order valence-corrected chi connectivity index (χ4v) is 1.97. The standard InChI is InChI=1S/C14H19ClN2O3/c1-4-20-14(19)13(18)16-9-12(17(2)3)10-6-5-7-11(15)8-10/h5-8,12H,4,9H2,1-3H3,(H,16,18). The monoisotopic (exact) mass is 298 g/mol. The van der Waals surface area contributed by atoms with E-state index in [1.165, 1.54) is 0 Å². The molecule has 1 aromatic carbocycles. The molecule has 0 aliphatic carbocycles. The van der Waals surface area contributed by atoms with Gasteiger partial charge in [0.05, 0.1) is 12.6 Å². The van der Waals surface area contributed by atoms with Gasteiger partial charge in [0.25, 0.3) is 0 Å². The SMILES string of the molecule is CCOC(=O)C(=O)NCC(c1cccc(Cl)c1)N(C)C. The summed E-state index contributed by atoms with van der Waals surface area (Å²) in [6.45, 7) is 2.13. The molecule has 1 atom stereocenters. The highest BCUT2D eigenvalue weighted by Gasteiger charge is 2.19. The van der Waals surface area contributed by atoms with Gasteiger partial charge >= 0.3 is 11.9 Å². The second-order valence-electron chi connectivity index (χ2n) is 4.46. The topological polar surface area (TPSA) is 58.6 Å². The molecule has 0 heterocycles. The average molecular weight is 299 g/mol. The van der Waals surface area contributed by atoms with E-state index in [1.807, 2.05) is 37.2 Å². The number of likely N-dealkylation sites (N-methyl/N-ethyl adjacent to an activating group) is 1. The number of nitrogens with one attached hydrogen (secondary N) is 1. The maximum absolute atomic E-state index is 11.5. The number of esters is 1. The average Bonchev–Trinajstić information content (AvgIpc) is 2.38. The number of rotatable bonds is 5. The van der Waals surface area contributed by atoms with Gasteiger partial charge in [-0.1, -0.05) is 23.7 Å². The first kappa shape index (κ1) is 16.5. The van der Waals surface area contributed by atoms with E-state index in [9.17, 15) is 9.59 Å². The highest BCUT2D eigenvalue weighted by Crippen LogP contribution is 2.20. The van der Waals surface area contributed by atoms with Gasteiger partial charge in [-0.05, 0) is 38.7 Å². The highest BCUT2D eigenvalue weighted by atomic mass is 35.5. The number of carbonyl (C=O) groups excluding carboxylic acids is 2. The Labute approximate surface area is 123 Å². The van der Waals surface area contributed by atoms with Gasteiger partial charge in [0, 0.05) is 11.6 Å². The number of benzene rings is 1. The Morgan fingerprint density at radius 3 is 2.65 bits per heavy atom. The molecule has 1 rings (SSSR count). The quantitative estimate of drug-likeness (QED) is 0.663. The van der Waals surface area contributed by atoms with Gasteiger partial charge in [-0.15, -0.1) is 0 Å². The predicted molar refractivity (Wildman–Crippen MR) is 77.5 cm³/mol. The summed E-state index contributed by atoms with van der Waals surface area (Å²) in [5.74, 6) is -1.60. The van der Waals surface area contributed by atoms with Crippen LogP contribution in [0.15, 0.2) is 24.3 Å². The number of ether oxygens (including phenoxy) is 1. The van der Waals surface area contributed by atoms with Crippen LogP contribution < -0.4 is 5.32 Å². The van der Waals surface area contributed by atoms with Crippen molar-refractivity contribution in [3.8, 4) is 0 Å². The van der Waals surface area contributed by atoms with E-state index >= 15 is 0 Å². The third-order valence-electron chi connectivity index (χ3n) is 2.77. The second kappa shape index (κ2) is 7.87. The van der Waals surface area contributed by atoms with E-state index in [4.69, 9.17) is 11.6 Å². The van der Waals surface area contributed by atoms with Gasteiger partial charge in [-0.25, -0.2) is 4.79 Å². The summed E-state index contributed by atoms with van der Waals surface area (Å²) >= 11 is 5.97. The summed E-state index contributed by atoms with van der Waals surface area (Å²) in [5.41, 5.74) is 0.964. The van der Waals surface area contributed by atoms with Crippen LogP contribution in [0, 0.1) is 0 Å². The Balaban J connectivity index is 2.70. The van der Waals surface area contributed by atoms with E-state index in [1.54, 1.807) is 13.0 Å². The van der Waals surface area contributed by atoms with Crippen molar-refractivity contribution in [1.29, 1.82) is 0 Å². The van der Waals surface area contributed by atoms with Crippen LogP contribution in [0.4, 0.5) is 0 Å². The van der Waals surface area contributed by atoms with Gasteiger partial charge in [0.15, 0.2) is 0 Å². The molecule has 0 aliphatic rings. The zero-order valence-electron chi connectivity index (χ0n) is 11.9. The minimum atomic E-state index is -0.865. The van der Waals surface area contributed by atoms with Crippen molar-refractivity contribution in [2.75, 3.05) is 27.2 Å². The van der Waals surface area contributed by atoms with Gasteiger partial charge in [0.2, 0.25) is 0 Å². The number of halogens is 1. The molecule has 1 amide bonds. The molecule has 0 aliphatic heterocycles. The van der Waals surface area contributed by atoms with Crippen molar-refractivity contribution in [2.24, 2.45) is 0 Å². The van der Waals surface area contributed by atoms with Crippen molar-refractivity contribution in [2.45, 2.75) is 13.0 Å². The van der Waals surface area contributed by atoms with E-state index < -0.39 is 11.9 Å². The molecule has 20 heavy (non-hydrogen) atoms. The molecule has 0 radical (unpaired) electrons. The van der Waals surface area contributed by atoms with Gasteiger partial charge in [-0.3, -0.25) is 4.79 Å². The molecule has 1 aromatic rings. The number of nitrogens with zero attached hydrogens (tertiary/aromatic N) is 1. The Morgan fingerprint density at radius 2 is 2.10 bits per heavy atom. The minimum Gasteiger partial charge on any atom is -0.459 e. The van der Waals surface area contributed by atoms with Crippen molar-refractivity contribution >= 4 is 23.5 Å². The molecular weight excluding hydrogens is 280 g/mol. The van der Waals surface area contributed by atoms with Gasteiger partial charge < -0.3 is 15.0 Å². The Bertz CT molecular complexity index is 477. The highest BCUT2D eigenvalue weighted by molar-refractivity contribution is 6.32. The lowest BCUT2D eigenvalue weighted by Gasteiger charge is -2.25. The summed E-state index contributed by atoms with van der Waals surface area (Å²) in [6.07, 6.45) is 0. The molecule has 110 valence electrons. The van der Waals surface area contributed by atoms with Crippen molar-refractivity contribution in [1.82, 2.24) is 10.2 Å². The van der Waals surface area contributed by atoms with Crippen molar-refractivity contribution in [3.05, 3.63) is 34.9 Å². The van der Waals surface area contributed by atoms with Crippen molar-refractivity contribution in [3.63, 3.8) is 0 Å². The normalized spacial score (nSPS) is 12.1. The second-order valence-corrected chi connectivity index (χ2v) is 4.90. The zero-order valence-corrected chi connectivity index (χ0v) is 12.6. The van der Waals surface area contributed by atoms with Crippen LogP contribution in [-0.4, -0.2) is 44.0 Å². The Hall–Kier alpha value is -1.59. The molecule has 0 aromatic heterocycles. The van der Waals surface area contributed by atoms with E-state index in [2.05, 4.69) is 10.1 Å². The van der Waals surface area contributed by atoms with Crippen LogP contribution >= 0.6 is 11.6 Å². The fourth-order valence-electron chi connectivity index (χ4n) is 1.77. The lowest BCUT2D eigenvalue weighted by molar-refractivity contribution is -0.154. The Kier molecular flexibility index (Phi) is 6.48. The zero-order chi connectivity index (χ0) is 15.1. The van der Waals surface area contributed by atoms with Crippen LogP contribution in [0.25, 0.3) is 0 Å². The maximum Gasteiger partial charge on any atom is 0.396 e. The summed E-state index contributed by atoms with van der Waals surface area (Å²) < 4.78 is 4.64. The van der Waals surface area contributed by atoms with Gasteiger partial charge in [0.1, 0.15) is 0 Å². The molecule has 6 heteroatoms. The van der Waals surface area contributed by atoms with Crippen LogP contribution in [0.1, 0.15) is 18.5 Å². The first-order chi connectivity index (χ1) is 9.45. The van der Waals surface area contributed by atoms with E-state index in [0.29, 0.717) is 11.6 Å². The molecular formula is C14H19ClN2O3. The molecule has 0 bridgehead atoms. The van der Waals surface area contributed by atoms with Crippen LogP contribution in [0.5, 0.6) is 0 Å². The molecule has 0 saturated heterocycles. The number of carbonyl (C=O) groups is 2. The first-order valence-electron chi connectivity index (χ1n) is 6.32. The van der Waals surface area contributed by atoms with Gasteiger partial charge in [-0.2, -0.15) is 0 Å². The largest absolute Gasteiger partial charge is 0.459 e. The predicted octanol–water partition coefficient (Wildman–Crippen LogP) is 1.62.